The van der Waals surface area contributed by atoms with Crippen LogP contribution in [0.25, 0.3) is 0 Å². The van der Waals surface area contributed by atoms with Crippen molar-refractivity contribution in [1.29, 1.82) is 0 Å². The van der Waals surface area contributed by atoms with Gasteiger partial charge in [0, 0.05) is 7.05 Å². The minimum Gasteiger partial charge on any atom is -0.503 e. The van der Waals surface area contributed by atoms with Gasteiger partial charge < -0.3 is 5.11 Å². The summed E-state index contributed by atoms with van der Waals surface area (Å²) in [5, 5.41) is 12.4. The van der Waals surface area contributed by atoms with Crippen molar-refractivity contribution in [2.45, 2.75) is 0 Å². The van der Waals surface area contributed by atoms with Gasteiger partial charge in [-0.25, -0.2) is 0 Å². The minimum atomic E-state index is -0.738. The zero-order valence-electron chi connectivity index (χ0n) is 5.81. The topological polar surface area (TPSA) is 72.2 Å². The Kier molecular flexibility index (Phi) is 1.72. The van der Waals surface area contributed by atoms with Crippen LogP contribution >= 0.6 is 0 Å². The van der Waals surface area contributed by atoms with Crippen molar-refractivity contribution in [3.63, 3.8) is 0 Å². The van der Waals surface area contributed by atoms with Crippen molar-refractivity contribution < 1.29 is 9.90 Å². The highest BCUT2D eigenvalue weighted by Gasteiger charge is 2.04. The van der Waals surface area contributed by atoms with Gasteiger partial charge in [-0.1, -0.05) is 0 Å². The molecule has 0 aromatic carbocycles. The first-order valence-corrected chi connectivity index (χ1v) is 2.87. The number of carbonyl (C=O) groups excluding carboxylic acids is 1. The Morgan fingerprint density at radius 2 is 2.36 bits per heavy atom. The molecule has 0 saturated carbocycles. The van der Waals surface area contributed by atoms with Crippen LogP contribution in [0.3, 0.4) is 0 Å². The molecule has 11 heavy (non-hydrogen) atoms. The molecular formula is C6H6N2O3. The summed E-state index contributed by atoms with van der Waals surface area (Å²) in [4.78, 5) is 20.9. The summed E-state index contributed by atoms with van der Waals surface area (Å²) in [6.07, 6.45) is 1.44. The van der Waals surface area contributed by atoms with E-state index in [1.165, 1.54) is 11.7 Å². The summed E-state index contributed by atoms with van der Waals surface area (Å²) >= 11 is 0. The lowest BCUT2D eigenvalue weighted by atomic mass is 10.4. The van der Waals surface area contributed by atoms with Crippen LogP contribution in [0.2, 0.25) is 0 Å². The van der Waals surface area contributed by atoms with Crippen molar-refractivity contribution in [1.82, 2.24) is 9.78 Å². The SMILES string of the molecule is Cn1cc(O)c(=O)c(C=O)n1. The predicted octanol–water partition coefficient (Wildman–Crippen LogP) is -0.702. The molecule has 1 N–H and O–H groups in total. The van der Waals surface area contributed by atoms with Gasteiger partial charge in [0.05, 0.1) is 6.20 Å². The van der Waals surface area contributed by atoms with Crippen molar-refractivity contribution in [3.8, 4) is 5.75 Å². The van der Waals surface area contributed by atoms with Crippen LogP contribution in [-0.4, -0.2) is 21.2 Å². The maximum Gasteiger partial charge on any atom is 0.252 e. The molecule has 58 valence electrons. The summed E-state index contributed by atoms with van der Waals surface area (Å²) < 4.78 is 1.19. The first-order chi connectivity index (χ1) is 5.15. The second-order valence-corrected chi connectivity index (χ2v) is 2.02. The summed E-state index contributed by atoms with van der Waals surface area (Å²) in [7, 11) is 1.51. The Morgan fingerprint density at radius 3 is 2.91 bits per heavy atom. The summed E-state index contributed by atoms with van der Waals surface area (Å²) in [6, 6.07) is 0. The first kappa shape index (κ1) is 7.46. The Bertz CT molecular complexity index is 342. The Labute approximate surface area is 61.9 Å². The molecule has 0 spiro atoms. The molecular weight excluding hydrogens is 148 g/mol. The van der Waals surface area contributed by atoms with Crippen molar-refractivity contribution in [2.75, 3.05) is 0 Å². The third kappa shape index (κ3) is 1.26. The summed E-state index contributed by atoms with van der Waals surface area (Å²) in [5.41, 5.74) is -1.02. The Morgan fingerprint density at radius 1 is 1.73 bits per heavy atom. The van der Waals surface area contributed by atoms with E-state index in [0.29, 0.717) is 6.29 Å². The lowest BCUT2D eigenvalue weighted by Crippen LogP contribution is -2.14. The molecule has 0 fully saturated rings. The lowest BCUT2D eigenvalue weighted by Gasteiger charge is -1.97. The van der Waals surface area contributed by atoms with Gasteiger partial charge in [-0.2, -0.15) is 5.10 Å². The van der Waals surface area contributed by atoms with Crippen LogP contribution in [0.5, 0.6) is 5.75 Å². The maximum atomic E-state index is 10.8. The van der Waals surface area contributed by atoms with Crippen LogP contribution in [0, 0.1) is 0 Å². The predicted molar refractivity (Wildman–Crippen MR) is 36.5 cm³/mol. The minimum absolute atomic E-state index is 0.285. The standard InChI is InChI=1S/C6H6N2O3/c1-8-2-5(10)6(11)4(3-9)7-8/h2-3,10H,1H3. The molecule has 0 aliphatic rings. The fraction of sp³-hybridized carbons (Fsp3) is 0.167. The molecule has 0 bridgehead atoms. The van der Waals surface area contributed by atoms with Gasteiger partial charge in [-0.15, -0.1) is 0 Å². The van der Waals surface area contributed by atoms with E-state index in [0.717, 1.165) is 6.20 Å². The molecule has 1 rings (SSSR count). The molecule has 5 nitrogen and oxygen atoms in total. The van der Waals surface area contributed by atoms with Crippen LogP contribution in [0.1, 0.15) is 10.5 Å². The van der Waals surface area contributed by atoms with E-state index in [1.54, 1.807) is 0 Å². The number of aldehydes is 1. The fourth-order valence-corrected chi connectivity index (χ4v) is 0.688. The van der Waals surface area contributed by atoms with E-state index in [4.69, 9.17) is 5.11 Å². The third-order valence-electron chi connectivity index (χ3n) is 1.15. The van der Waals surface area contributed by atoms with Gasteiger partial charge in [-0.05, 0) is 0 Å². The number of carbonyl (C=O) groups is 1. The highest BCUT2D eigenvalue weighted by atomic mass is 16.3. The van der Waals surface area contributed by atoms with E-state index in [-0.39, 0.29) is 5.69 Å². The van der Waals surface area contributed by atoms with Crippen molar-refractivity contribution in [3.05, 3.63) is 22.1 Å². The van der Waals surface area contributed by atoms with E-state index in [1.807, 2.05) is 0 Å². The number of hydrogen-bond donors (Lipinski definition) is 1. The zero-order chi connectivity index (χ0) is 8.43. The third-order valence-corrected chi connectivity index (χ3v) is 1.15. The van der Waals surface area contributed by atoms with Crippen LogP contribution in [0.15, 0.2) is 11.0 Å². The number of aromatic hydroxyl groups is 1. The quantitative estimate of drug-likeness (QED) is 0.543. The van der Waals surface area contributed by atoms with Gasteiger partial charge in [0.15, 0.2) is 17.7 Å². The largest absolute Gasteiger partial charge is 0.503 e. The second-order valence-electron chi connectivity index (χ2n) is 2.02. The van der Waals surface area contributed by atoms with Crippen LogP contribution in [0.4, 0.5) is 0 Å². The first-order valence-electron chi connectivity index (χ1n) is 2.87. The average molecular weight is 154 g/mol. The molecule has 1 aromatic rings. The number of hydrogen-bond acceptors (Lipinski definition) is 4. The summed E-state index contributed by atoms with van der Waals surface area (Å²) in [5.74, 6) is -0.468. The molecule has 0 aliphatic heterocycles. The van der Waals surface area contributed by atoms with Gasteiger partial charge in [0.2, 0.25) is 0 Å². The normalized spacial score (nSPS) is 9.55. The number of nitrogens with zero attached hydrogens (tertiary/aromatic N) is 2. The highest BCUT2D eigenvalue weighted by Crippen LogP contribution is 1.96. The van der Waals surface area contributed by atoms with Gasteiger partial charge >= 0.3 is 0 Å². The van der Waals surface area contributed by atoms with Gasteiger partial charge in [-0.3, -0.25) is 14.3 Å². The molecule has 0 atom stereocenters. The van der Waals surface area contributed by atoms with E-state index in [9.17, 15) is 9.59 Å². The molecule has 1 aromatic heterocycles. The Balaban J connectivity index is 3.48. The monoisotopic (exact) mass is 154 g/mol. The molecule has 1 heterocycles. The van der Waals surface area contributed by atoms with Gasteiger partial charge in [0.1, 0.15) is 0 Å². The molecule has 0 aliphatic carbocycles. The zero-order valence-corrected chi connectivity index (χ0v) is 5.81. The van der Waals surface area contributed by atoms with Crippen LogP contribution < -0.4 is 5.43 Å². The van der Waals surface area contributed by atoms with Crippen molar-refractivity contribution in [2.24, 2.45) is 7.05 Å². The average Bonchev–Trinajstić information content (AvgIpc) is 1.96. The van der Waals surface area contributed by atoms with E-state index < -0.39 is 11.2 Å². The molecule has 5 heteroatoms. The number of aromatic nitrogens is 2. The Hall–Kier alpha value is -1.65. The molecule has 0 radical (unpaired) electrons. The van der Waals surface area contributed by atoms with E-state index in [2.05, 4.69) is 5.10 Å². The fourth-order valence-electron chi connectivity index (χ4n) is 0.688. The molecule has 0 saturated heterocycles. The van der Waals surface area contributed by atoms with Crippen LogP contribution in [-0.2, 0) is 7.05 Å². The smallest absolute Gasteiger partial charge is 0.252 e. The lowest BCUT2D eigenvalue weighted by molar-refractivity contribution is 0.111. The summed E-state index contributed by atoms with van der Waals surface area (Å²) in [6.45, 7) is 0. The molecule has 0 unspecified atom stereocenters. The maximum absolute atomic E-state index is 10.8. The highest BCUT2D eigenvalue weighted by molar-refractivity contribution is 5.71. The second kappa shape index (κ2) is 2.53. The van der Waals surface area contributed by atoms with Crippen molar-refractivity contribution >= 4 is 6.29 Å². The van der Waals surface area contributed by atoms with Gasteiger partial charge in [0.25, 0.3) is 5.43 Å². The molecule has 0 amide bonds. The number of rotatable bonds is 1. The van der Waals surface area contributed by atoms with E-state index >= 15 is 0 Å². The number of aryl methyl sites for hydroxylation is 1.